The summed E-state index contributed by atoms with van der Waals surface area (Å²) in [5.74, 6) is -1.66. The predicted octanol–water partition coefficient (Wildman–Crippen LogP) is 0.971. The maximum absolute atomic E-state index is 11.8. The summed E-state index contributed by atoms with van der Waals surface area (Å²) in [7, 11) is 1.25. The number of likely N-dealkylation sites (tertiary alicyclic amines) is 2. The zero-order chi connectivity index (χ0) is 25.7. The molecule has 33 heavy (non-hydrogen) atoms. The van der Waals surface area contributed by atoms with Gasteiger partial charge in [0, 0.05) is 12.8 Å². The van der Waals surface area contributed by atoms with E-state index >= 15 is 0 Å². The molecule has 0 aromatic rings. The predicted molar refractivity (Wildman–Crippen MR) is 114 cm³/mol. The molecular formula is C21H36N2O10. The number of amides is 2. The minimum Gasteiger partial charge on any atom is -0.480 e. The quantitative estimate of drug-likeness (QED) is 0.386. The van der Waals surface area contributed by atoms with E-state index in [0.29, 0.717) is 0 Å². The molecular weight excluding hydrogens is 440 g/mol. The van der Waals surface area contributed by atoms with E-state index in [1.807, 2.05) is 0 Å². The molecule has 0 bridgehead atoms. The van der Waals surface area contributed by atoms with Crippen molar-refractivity contribution >= 4 is 24.1 Å². The van der Waals surface area contributed by atoms with Gasteiger partial charge < -0.3 is 29.5 Å². The minimum atomic E-state index is -1.12. The third-order valence-corrected chi connectivity index (χ3v) is 4.57. The summed E-state index contributed by atoms with van der Waals surface area (Å²) >= 11 is 0. The van der Waals surface area contributed by atoms with Crippen molar-refractivity contribution < 1.29 is 48.7 Å². The Morgan fingerprint density at radius 3 is 1.45 bits per heavy atom. The average Bonchev–Trinajstić information content (AvgIpc) is 3.22. The lowest BCUT2D eigenvalue weighted by Crippen LogP contribution is -2.43. The Morgan fingerprint density at radius 2 is 1.12 bits per heavy atom. The van der Waals surface area contributed by atoms with Gasteiger partial charge in [0.25, 0.3) is 0 Å². The van der Waals surface area contributed by atoms with Crippen LogP contribution < -0.4 is 0 Å². The van der Waals surface area contributed by atoms with Crippen molar-refractivity contribution in [3.63, 3.8) is 0 Å². The average molecular weight is 477 g/mol. The van der Waals surface area contributed by atoms with Crippen molar-refractivity contribution in [3.8, 4) is 0 Å². The van der Waals surface area contributed by atoms with Crippen molar-refractivity contribution in [1.82, 2.24) is 9.80 Å². The van der Waals surface area contributed by atoms with Crippen molar-refractivity contribution in [2.24, 2.45) is 0 Å². The summed E-state index contributed by atoms with van der Waals surface area (Å²) < 4.78 is 14.8. The fourth-order valence-electron chi connectivity index (χ4n) is 3.27. The lowest BCUT2D eigenvalue weighted by Gasteiger charge is -2.27. The van der Waals surface area contributed by atoms with Gasteiger partial charge in [0.15, 0.2) is 0 Å². The van der Waals surface area contributed by atoms with Gasteiger partial charge in [0.1, 0.15) is 23.3 Å². The summed E-state index contributed by atoms with van der Waals surface area (Å²) in [6, 6.07) is -1.75. The second-order valence-electron chi connectivity index (χ2n) is 9.94. The number of carboxylic acids is 1. The number of carboxylic acid groups (broad SMARTS) is 1. The SMILES string of the molecule is CC(C)(C)OC(=O)N1C[C@H](O)C[C@@H]1C(=O)O.COC(=O)[C@H]1C[C@@H](O)CN1C(=O)OC(C)(C)C. The van der Waals surface area contributed by atoms with Gasteiger partial charge >= 0.3 is 24.1 Å². The maximum atomic E-state index is 11.8. The molecule has 0 aromatic carbocycles. The van der Waals surface area contributed by atoms with Crippen LogP contribution in [-0.2, 0) is 23.8 Å². The van der Waals surface area contributed by atoms with Gasteiger partial charge in [-0.05, 0) is 41.5 Å². The molecule has 0 unspecified atom stereocenters. The largest absolute Gasteiger partial charge is 0.480 e. The molecule has 0 aliphatic carbocycles. The Bertz CT molecular complexity index is 728. The Hall–Kier alpha value is -2.60. The van der Waals surface area contributed by atoms with E-state index in [9.17, 15) is 29.4 Å². The topological polar surface area (TPSA) is 163 Å². The molecule has 12 nitrogen and oxygen atoms in total. The number of hydrogen-bond acceptors (Lipinski definition) is 9. The Balaban J connectivity index is 0.000000331. The second kappa shape index (κ2) is 11.0. The normalized spacial score (nSPS) is 25.1. The number of methoxy groups -OCH3 is 1. The first-order valence-corrected chi connectivity index (χ1v) is 10.6. The molecule has 2 fully saturated rings. The van der Waals surface area contributed by atoms with Crippen LogP contribution in [0.4, 0.5) is 9.59 Å². The summed E-state index contributed by atoms with van der Waals surface area (Å²) in [4.78, 5) is 48.1. The summed E-state index contributed by atoms with van der Waals surface area (Å²) in [5.41, 5.74) is -1.31. The molecule has 4 atom stereocenters. The maximum Gasteiger partial charge on any atom is 0.411 e. The van der Waals surface area contributed by atoms with Crippen LogP contribution in [0.1, 0.15) is 54.4 Å². The Morgan fingerprint density at radius 1 is 0.758 bits per heavy atom. The molecule has 0 saturated carbocycles. The van der Waals surface area contributed by atoms with Crippen LogP contribution >= 0.6 is 0 Å². The number of aliphatic carboxylic acids is 1. The highest BCUT2D eigenvalue weighted by Gasteiger charge is 2.42. The van der Waals surface area contributed by atoms with E-state index in [1.54, 1.807) is 41.5 Å². The van der Waals surface area contributed by atoms with E-state index in [4.69, 9.17) is 14.6 Å². The number of rotatable bonds is 2. The van der Waals surface area contributed by atoms with Crippen molar-refractivity contribution in [2.45, 2.75) is 89.9 Å². The van der Waals surface area contributed by atoms with Crippen LogP contribution in [0.15, 0.2) is 0 Å². The molecule has 2 saturated heterocycles. The molecule has 2 aliphatic rings. The first-order valence-electron chi connectivity index (χ1n) is 10.6. The highest BCUT2D eigenvalue weighted by molar-refractivity contribution is 5.82. The smallest absolute Gasteiger partial charge is 0.411 e. The van der Waals surface area contributed by atoms with Crippen LogP contribution in [0, 0.1) is 0 Å². The Kier molecular flexibility index (Phi) is 9.49. The lowest BCUT2D eigenvalue weighted by atomic mass is 10.2. The van der Waals surface area contributed by atoms with Crippen molar-refractivity contribution in [3.05, 3.63) is 0 Å². The highest BCUT2D eigenvalue weighted by atomic mass is 16.6. The Labute approximate surface area is 193 Å². The van der Waals surface area contributed by atoms with Gasteiger partial charge in [-0.2, -0.15) is 0 Å². The number of carbonyl (C=O) groups is 4. The molecule has 2 heterocycles. The van der Waals surface area contributed by atoms with Crippen molar-refractivity contribution in [2.75, 3.05) is 20.2 Å². The second-order valence-corrected chi connectivity index (χ2v) is 9.94. The third-order valence-electron chi connectivity index (χ3n) is 4.57. The van der Waals surface area contributed by atoms with Crippen LogP contribution in [0.25, 0.3) is 0 Å². The number of hydrogen-bond donors (Lipinski definition) is 3. The fraction of sp³-hybridized carbons (Fsp3) is 0.810. The fourth-order valence-corrected chi connectivity index (χ4v) is 3.27. The number of aliphatic hydroxyl groups is 2. The summed E-state index contributed by atoms with van der Waals surface area (Å²) in [6.07, 6.45) is -2.58. The van der Waals surface area contributed by atoms with Gasteiger partial charge in [-0.15, -0.1) is 0 Å². The van der Waals surface area contributed by atoms with Crippen LogP contribution in [0.3, 0.4) is 0 Å². The molecule has 12 heteroatoms. The standard InChI is InChI=1S/C11H19NO5.C10H17NO5/c1-11(2,3)17-10(15)12-6-7(13)5-8(12)9(14)16-4;1-10(2,3)16-9(15)11-5-6(12)4-7(11)8(13)14/h7-8,13H,5-6H2,1-4H3;6-7,12H,4-5H2,1-3H3,(H,13,14)/t7-,8-;6-,7-/m11/s1. The number of nitrogens with zero attached hydrogens (tertiary/aromatic N) is 2. The third kappa shape index (κ3) is 9.04. The molecule has 3 N–H and O–H groups in total. The molecule has 2 amide bonds. The van der Waals surface area contributed by atoms with E-state index in [-0.39, 0.29) is 25.9 Å². The van der Waals surface area contributed by atoms with E-state index in [0.717, 1.165) is 4.90 Å². The zero-order valence-corrected chi connectivity index (χ0v) is 20.2. The molecule has 0 radical (unpaired) electrons. The van der Waals surface area contributed by atoms with E-state index in [1.165, 1.54) is 12.0 Å². The zero-order valence-electron chi connectivity index (χ0n) is 20.2. The van der Waals surface area contributed by atoms with Gasteiger partial charge in [0.2, 0.25) is 0 Å². The number of β-amino-alcohol motifs (C(OH)–C–C–N with tert-alkyl or cyclic N) is 2. The molecule has 0 aromatic heterocycles. The number of carbonyl (C=O) groups excluding carboxylic acids is 3. The lowest BCUT2D eigenvalue weighted by molar-refractivity contribution is -0.145. The number of esters is 1. The minimum absolute atomic E-state index is 0.00583. The number of ether oxygens (including phenoxy) is 3. The molecule has 2 aliphatic heterocycles. The molecule has 0 spiro atoms. The first kappa shape index (κ1) is 28.4. The van der Waals surface area contributed by atoms with Gasteiger partial charge in [-0.1, -0.05) is 0 Å². The molecule has 190 valence electrons. The van der Waals surface area contributed by atoms with Crippen LogP contribution in [0.5, 0.6) is 0 Å². The van der Waals surface area contributed by atoms with Gasteiger partial charge in [0.05, 0.1) is 32.4 Å². The van der Waals surface area contributed by atoms with Crippen LogP contribution in [0.2, 0.25) is 0 Å². The van der Waals surface area contributed by atoms with Crippen molar-refractivity contribution in [1.29, 1.82) is 0 Å². The van der Waals surface area contributed by atoms with Gasteiger partial charge in [-0.3, -0.25) is 9.80 Å². The number of aliphatic hydroxyl groups excluding tert-OH is 2. The van der Waals surface area contributed by atoms with E-state index < -0.39 is 59.6 Å². The summed E-state index contributed by atoms with van der Waals surface area (Å²) in [5, 5.41) is 27.7. The monoisotopic (exact) mass is 476 g/mol. The summed E-state index contributed by atoms with van der Waals surface area (Å²) in [6.45, 7) is 10.4. The van der Waals surface area contributed by atoms with E-state index in [2.05, 4.69) is 4.74 Å². The molecule has 2 rings (SSSR count). The van der Waals surface area contributed by atoms with Crippen LogP contribution in [-0.4, -0.2) is 105 Å². The first-order chi connectivity index (χ1) is 14.9. The van der Waals surface area contributed by atoms with Gasteiger partial charge in [-0.25, -0.2) is 19.2 Å². The highest BCUT2D eigenvalue weighted by Crippen LogP contribution is 2.23.